The first-order valence-corrected chi connectivity index (χ1v) is 9.89. The van der Waals surface area contributed by atoms with Crippen LogP contribution in [0.3, 0.4) is 0 Å². The minimum Gasteiger partial charge on any atom is -0.490 e. The fourth-order valence-electron chi connectivity index (χ4n) is 4.29. The summed E-state index contributed by atoms with van der Waals surface area (Å²) in [7, 11) is 3.72. The fraction of sp³-hybridized carbons (Fsp3) is 0.522. The maximum atomic E-state index is 12.1. The van der Waals surface area contributed by atoms with E-state index >= 15 is 0 Å². The van der Waals surface area contributed by atoms with Crippen LogP contribution in [-0.4, -0.2) is 55.5 Å². The Kier molecular flexibility index (Phi) is 6.08. The lowest BCUT2D eigenvalue weighted by Crippen LogP contribution is -2.63. The molecule has 0 radical (unpaired) electrons. The molecule has 0 aliphatic carbocycles. The Hall–Kier alpha value is -1.95. The maximum Gasteiger partial charge on any atom is 0.138 e. The smallest absolute Gasteiger partial charge is 0.138 e. The first-order chi connectivity index (χ1) is 13.3. The number of rotatable bonds is 8. The molecule has 0 spiro atoms. The number of pyridine rings is 1. The molecule has 1 saturated heterocycles. The lowest BCUT2D eigenvalue weighted by Gasteiger charge is -2.55. The number of methoxy groups -OCH3 is 1. The molecule has 1 N–H and O–H groups in total. The van der Waals surface area contributed by atoms with Crippen LogP contribution in [0.4, 0.5) is 0 Å². The van der Waals surface area contributed by atoms with Gasteiger partial charge in [0.05, 0.1) is 12.8 Å². The van der Waals surface area contributed by atoms with Crippen molar-refractivity contribution in [2.45, 2.75) is 32.3 Å². The van der Waals surface area contributed by atoms with E-state index in [1.165, 1.54) is 5.56 Å². The molecule has 3 rings (SSSR count). The Morgan fingerprint density at radius 2 is 1.82 bits per heavy atom. The molecule has 1 atom stereocenters. The summed E-state index contributed by atoms with van der Waals surface area (Å²) in [6, 6.07) is 10.2. The molecule has 1 aliphatic heterocycles. The predicted molar refractivity (Wildman–Crippen MR) is 111 cm³/mol. The van der Waals surface area contributed by atoms with Crippen LogP contribution in [-0.2, 0) is 10.3 Å². The summed E-state index contributed by atoms with van der Waals surface area (Å²) in [6.07, 6.45) is 3.43. The molecule has 1 aromatic carbocycles. The van der Waals surface area contributed by atoms with Crippen LogP contribution in [0, 0.1) is 5.41 Å². The minimum atomic E-state index is -1.15. The zero-order valence-corrected chi connectivity index (χ0v) is 17.6. The normalized spacial score (nSPS) is 18.5. The van der Waals surface area contributed by atoms with Gasteiger partial charge >= 0.3 is 0 Å². The van der Waals surface area contributed by atoms with Gasteiger partial charge in [-0.3, -0.25) is 4.98 Å². The number of hydrogen-bond acceptors (Lipinski definition) is 5. The number of hydrogen-bond donors (Lipinski definition) is 1. The largest absolute Gasteiger partial charge is 0.490 e. The molecular weight excluding hydrogens is 352 g/mol. The van der Waals surface area contributed by atoms with Crippen LogP contribution < -0.4 is 4.74 Å². The lowest BCUT2D eigenvalue weighted by molar-refractivity contribution is -0.127. The average molecular weight is 385 g/mol. The van der Waals surface area contributed by atoms with Gasteiger partial charge < -0.3 is 19.5 Å². The van der Waals surface area contributed by atoms with E-state index in [2.05, 4.69) is 62.0 Å². The van der Waals surface area contributed by atoms with Gasteiger partial charge in [-0.05, 0) is 30.2 Å². The van der Waals surface area contributed by atoms with Crippen molar-refractivity contribution < 1.29 is 14.6 Å². The number of ether oxygens (including phenoxy) is 2. The van der Waals surface area contributed by atoms with E-state index in [9.17, 15) is 5.11 Å². The number of nitrogens with zero attached hydrogens (tertiary/aromatic N) is 2. The van der Waals surface area contributed by atoms with Gasteiger partial charge in [0.25, 0.3) is 0 Å². The maximum absolute atomic E-state index is 12.1. The van der Waals surface area contributed by atoms with E-state index in [0.717, 1.165) is 24.2 Å². The van der Waals surface area contributed by atoms with Crippen molar-refractivity contribution in [2.24, 2.45) is 5.41 Å². The van der Waals surface area contributed by atoms with Crippen molar-refractivity contribution >= 4 is 0 Å². The summed E-state index contributed by atoms with van der Waals surface area (Å²) in [5.74, 6) is 1.09. The highest BCUT2D eigenvalue weighted by Crippen LogP contribution is 2.50. The molecule has 2 aromatic rings. The highest BCUT2D eigenvalue weighted by atomic mass is 16.5. The van der Waals surface area contributed by atoms with Crippen LogP contribution in [0.2, 0.25) is 0 Å². The van der Waals surface area contributed by atoms with Crippen molar-refractivity contribution in [2.75, 3.05) is 40.5 Å². The Morgan fingerprint density at radius 1 is 1.14 bits per heavy atom. The molecule has 2 heterocycles. The van der Waals surface area contributed by atoms with Crippen molar-refractivity contribution in [1.82, 2.24) is 9.88 Å². The van der Waals surface area contributed by atoms with Gasteiger partial charge in [-0.1, -0.05) is 45.0 Å². The summed E-state index contributed by atoms with van der Waals surface area (Å²) >= 11 is 0. The van der Waals surface area contributed by atoms with E-state index in [1.807, 2.05) is 6.07 Å². The van der Waals surface area contributed by atoms with E-state index in [0.29, 0.717) is 24.9 Å². The second-order valence-electron chi connectivity index (χ2n) is 8.47. The van der Waals surface area contributed by atoms with Gasteiger partial charge in [-0.25, -0.2) is 0 Å². The first-order valence-electron chi connectivity index (χ1n) is 9.89. The molecule has 5 nitrogen and oxygen atoms in total. The Morgan fingerprint density at radius 3 is 2.39 bits per heavy atom. The third-order valence-corrected chi connectivity index (χ3v) is 5.79. The molecular formula is C23H32N2O3. The van der Waals surface area contributed by atoms with Gasteiger partial charge in [-0.2, -0.15) is 0 Å². The third-order valence-electron chi connectivity index (χ3n) is 5.79. The quantitative estimate of drug-likeness (QED) is 0.707. The van der Waals surface area contributed by atoms with Gasteiger partial charge in [0.1, 0.15) is 18.0 Å². The van der Waals surface area contributed by atoms with Gasteiger partial charge in [0.15, 0.2) is 0 Å². The van der Waals surface area contributed by atoms with Crippen LogP contribution in [0.5, 0.6) is 5.75 Å². The van der Waals surface area contributed by atoms with Crippen molar-refractivity contribution in [3.63, 3.8) is 0 Å². The van der Waals surface area contributed by atoms with E-state index < -0.39 is 5.60 Å². The molecule has 0 saturated carbocycles. The minimum absolute atomic E-state index is 0.312. The third kappa shape index (κ3) is 3.79. The molecule has 0 bridgehead atoms. The predicted octanol–water partition coefficient (Wildman–Crippen LogP) is 3.42. The van der Waals surface area contributed by atoms with Crippen molar-refractivity contribution in [1.29, 1.82) is 0 Å². The van der Waals surface area contributed by atoms with E-state index in [-0.39, 0.29) is 5.41 Å². The van der Waals surface area contributed by atoms with Crippen LogP contribution >= 0.6 is 0 Å². The zero-order valence-electron chi connectivity index (χ0n) is 17.6. The molecule has 152 valence electrons. The number of likely N-dealkylation sites (tertiary alicyclic amines) is 1. The Labute approximate surface area is 168 Å². The summed E-state index contributed by atoms with van der Waals surface area (Å²) in [5.41, 5.74) is 1.45. The molecule has 0 amide bonds. The first kappa shape index (κ1) is 20.8. The van der Waals surface area contributed by atoms with Crippen LogP contribution in [0.15, 0.2) is 42.7 Å². The molecule has 1 aliphatic rings. The topological polar surface area (TPSA) is 54.8 Å². The average Bonchev–Trinajstić information content (AvgIpc) is 2.66. The van der Waals surface area contributed by atoms with Gasteiger partial charge in [0.2, 0.25) is 0 Å². The highest BCUT2D eigenvalue weighted by molar-refractivity contribution is 5.42. The highest BCUT2D eigenvalue weighted by Gasteiger charge is 2.55. The molecule has 5 heteroatoms. The summed E-state index contributed by atoms with van der Waals surface area (Å²) in [6.45, 7) is 9.06. The van der Waals surface area contributed by atoms with E-state index in [4.69, 9.17) is 9.47 Å². The molecule has 1 fully saturated rings. The number of aliphatic hydroxyl groups is 1. The van der Waals surface area contributed by atoms with Crippen LogP contribution in [0.25, 0.3) is 0 Å². The monoisotopic (exact) mass is 384 g/mol. The second-order valence-corrected chi connectivity index (χ2v) is 8.47. The van der Waals surface area contributed by atoms with Crippen molar-refractivity contribution in [3.05, 3.63) is 59.4 Å². The van der Waals surface area contributed by atoms with E-state index in [1.54, 1.807) is 19.5 Å². The standard InChI is InChI=1S/C23H32N2O3/c1-17(2)18-6-8-19(9-7-18)23(26,22(3)15-25(4)16-22)20-12-21(14-24-13-20)28-11-10-27-5/h6-9,12-14,17,26H,10-11,15-16H2,1-5H3. The van der Waals surface area contributed by atoms with Gasteiger partial charge in [0, 0.05) is 37.4 Å². The molecule has 1 aromatic heterocycles. The SMILES string of the molecule is COCCOc1cncc(C(O)(c2ccc(C(C)C)cc2)C2(C)CN(C)C2)c1. The zero-order chi connectivity index (χ0) is 20.4. The Balaban J connectivity index is 2.01. The second kappa shape index (κ2) is 8.19. The number of aromatic nitrogens is 1. The summed E-state index contributed by atoms with van der Waals surface area (Å²) in [5, 5.41) is 12.1. The lowest BCUT2D eigenvalue weighted by atomic mass is 9.62. The number of benzene rings is 1. The Bertz CT molecular complexity index is 785. The molecule has 28 heavy (non-hydrogen) atoms. The fourth-order valence-corrected chi connectivity index (χ4v) is 4.29. The van der Waals surface area contributed by atoms with Crippen molar-refractivity contribution in [3.8, 4) is 5.75 Å². The molecule has 1 unspecified atom stereocenters. The summed E-state index contributed by atoms with van der Waals surface area (Å²) < 4.78 is 10.8. The summed E-state index contributed by atoms with van der Waals surface area (Å²) in [4.78, 5) is 6.57. The van der Waals surface area contributed by atoms with Crippen LogP contribution in [0.1, 0.15) is 43.4 Å². The van der Waals surface area contributed by atoms with Gasteiger partial charge in [-0.15, -0.1) is 0 Å².